The third-order valence-electron chi connectivity index (χ3n) is 5.08. The fourth-order valence-electron chi connectivity index (χ4n) is 3.24. The van der Waals surface area contributed by atoms with Gasteiger partial charge in [-0.1, -0.05) is 56.1 Å². The van der Waals surface area contributed by atoms with Crippen LogP contribution < -0.4 is 5.32 Å². The second-order valence-electron chi connectivity index (χ2n) is 6.97. The Balaban J connectivity index is 1.52. The van der Waals surface area contributed by atoms with Gasteiger partial charge in [0.2, 0.25) is 11.8 Å². The van der Waals surface area contributed by atoms with Crippen LogP contribution in [0, 0.1) is 18.8 Å². The molecule has 1 aromatic heterocycles. The van der Waals surface area contributed by atoms with E-state index in [1.807, 2.05) is 31.2 Å². The molecule has 25 heavy (non-hydrogen) atoms. The van der Waals surface area contributed by atoms with Gasteiger partial charge in [-0.05, 0) is 37.3 Å². The minimum atomic E-state index is 0.0334. The number of rotatable bonds is 5. The van der Waals surface area contributed by atoms with Crippen molar-refractivity contribution in [1.82, 2.24) is 15.5 Å². The van der Waals surface area contributed by atoms with Gasteiger partial charge in [-0.15, -0.1) is 10.2 Å². The Morgan fingerprint density at radius 2 is 2.00 bits per heavy atom. The van der Waals surface area contributed by atoms with Gasteiger partial charge in [-0.3, -0.25) is 4.79 Å². The molecule has 1 aromatic carbocycles. The van der Waals surface area contributed by atoms with Crippen LogP contribution in [0.5, 0.6) is 0 Å². The molecule has 1 amide bonds. The largest absolute Gasteiger partial charge is 0.411 e. The zero-order chi connectivity index (χ0) is 17.8. The molecule has 2 aromatic rings. The van der Waals surface area contributed by atoms with Gasteiger partial charge < -0.3 is 9.73 Å². The van der Waals surface area contributed by atoms with Crippen molar-refractivity contribution in [3.8, 4) is 11.5 Å². The van der Waals surface area contributed by atoms with E-state index in [2.05, 4.69) is 29.4 Å². The zero-order valence-electron chi connectivity index (χ0n) is 15.0. The highest BCUT2D eigenvalue weighted by molar-refractivity contribution is 7.99. The van der Waals surface area contributed by atoms with Gasteiger partial charge in [0.1, 0.15) is 0 Å². The normalized spacial score (nSPS) is 23.4. The molecule has 6 heteroatoms. The summed E-state index contributed by atoms with van der Waals surface area (Å²) in [7, 11) is 0. The van der Waals surface area contributed by atoms with E-state index in [0.717, 1.165) is 12.0 Å². The molecule has 3 atom stereocenters. The van der Waals surface area contributed by atoms with Crippen LogP contribution in [0.25, 0.3) is 11.5 Å². The third kappa shape index (κ3) is 4.63. The molecule has 0 saturated heterocycles. The van der Waals surface area contributed by atoms with E-state index in [1.165, 1.54) is 30.2 Å². The Morgan fingerprint density at radius 1 is 1.24 bits per heavy atom. The summed E-state index contributed by atoms with van der Waals surface area (Å²) in [6, 6.07) is 8.20. The highest BCUT2D eigenvalue weighted by Gasteiger charge is 2.28. The quantitative estimate of drug-likeness (QED) is 0.815. The molecule has 3 rings (SSSR count). The molecule has 1 N–H and O–H groups in total. The lowest BCUT2D eigenvalue weighted by Crippen LogP contribution is -2.44. The predicted octanol–water partition coefficient (Wildman–Crippen LogP) is 4.08. The Hall–Kier alpha value is -1.82. The summed E-state index contributed by atoms with van der Waals surface area (Å²) >= 11 is 1.29. The van der Waals surface area contributed by atoms with Crippen molar-refractivity contribution in [2.24, 2.45) is 11.8 Å². The van der Waals surface area contributed by atoms with Crippen molar-refractivity contribution in [3.05, 3.63) is 29.8 Å². The summed E-state index contributed by atoms with van der Waals surface area (Å²) in [4.78, 5) is 12.2. The number of carbonyl (C=O) groups is 1. The van der Waals surface area contributed by atoms with Crippen molar-refractivity contribution in [3.63, 3.8) is 0 Å². The van der Waals surface area contributed by atoms with Gasteiger partial charge in [-0.25, -0.2) is 0 Å². The number of aryl methyl sites for hydroxylation is 1. The van der Waals surface area contributed by atoms with E-state index in [0.29, 0.717) is 28.7 Å². The summed E-state index contributed by atoms with van der Waals surface area (Å²) in [5, 5.41) is 11.7. The summed E-state index contributed by atoms with van der Waals surface area (Å²) in [6.45, 7) is 6.53. The van der Waals surface area contributed by atoms with E-state index in [9.17, 15) is 4.79 Å². The second kappa shape index (κ2) is 8.04. The SMILES string of the molecule is Cc1ccc(-c2nnc(SCC(=O)NC3CCCC(C)C3C)o2)cc1. The first-order chi connectivity index (χ1) is 12.0. The lowest BCUT2D eigenvalue weighted by molar-refractivity contribution is -0.120. The number of hydrogen-bond donors (Lipinski definition) is 1. The zero-order valence-corrected chi connectivity index (χ0v) is 15.8. The number of thioether (sulfide) groups is 1. The molecule has 1 aliphatic rings. The lowest BCUT2D eigenvalue weighted by atomic mass is 9.78. The van der Waals surface area contributed by atoms with Crippen molar-refractivity contribution in [2.75, 3.05) is 5.75 Å². The monoisotopic (exact) mass is 359 g/mol. The molecule has 5 nitrogen and oxygen atoms in total. The molecule has 0 radical (unpaired) electrons. The first kappa shape index (κ1) is 18.0. The van der Waals surface area contributed by atoms with E-state index in [-0.39, 0.29) is 11.9 Å². The summed E-state index contributed by atoms with van der Waals surface area (Å²) in [5.41, 5.74) is 2.07. The fraction of sp³-hybridized carbons (Fsp3) is 0.526. The Bertz CT molecular complexity index is 714. The molecule has 1 heterocycles. The standard InChI is InChI=1S/C19H25N3O2S/c1-12-7-9-15(10-8-12)18-21-22-19(24-18)25-11-17(23)20-16-6-4-5-13(2)14(16)3/h7-10,13-14,16H,4-6,11H2,1-3H3,(H,20,23). The summed E-state index contributed by atoms with van der Waals surface area (Å²) in [5.74, 6) is 2.01. The van der Waals surface area contributed by atoms with Crippen LogP contribution in [0.3, 0.4) is 0 Å². The van der Waals surface area contributed by atoms with E-state index in [1.54, 1.807) is 0 Å². The summed E-state index contributed by atoms with van der Waals surface area (Å²) < 4.78 is 5.65. The highest BCUT2D eigenvalue weighted by Crippen LogP contribution is 2.29. The van der Waals surface area contributed by atoms with Gasteiger partial charge in [-0.2, -0.15) is 0 Å². The maximum absolute atomic E-state index is 12.2. The van der Waals surface area contributed by atoms with Crippen LogP contribution in [0.2, 0.25) is 0 Å². The molecule has 134 valence electrons. The average Bonchev–Trinajstić information content (AvgIpc) is 3.07. The molecule has 0 spiro atoms. The first-order valence-corrected chi connectivity index (χ1v) is 9.84. The minimum absolute atomic E-state index is 0.0334. The maximum atomic E-state index is 12.2. The summed E-state index contributed by atoms with van der Waals surface area (Å²) in [6.07, 6.45) is 3.51. The minimum Gasteiger partial charge on any atom is -0.411 e. The molecule has 0 bridgehead atoms. The van der Waals surface area contributed by atoms with Crippen molar-refractivity contribution < 1.29 is 9.21 Å². The topological polar surface area (TPSA) is 68.0 Å². The van der Waals surface area contributed by atoms with Gasteiger partial charge in [0.05, 0.1) is 5.75 Å². The smallest absolute Gasteiger partial charge is 0.277 e. The number of nitrogens with one attached hydrogen (secondary N) is 1. The van der Waals surface area contributed by atoms with Crippen LogP contribution >= 0.6 is 11.8 Å². The lowest BCUT2D eigenvalue weighted by Gasteiger charge is -2.34. The molecule has 0 aliphatic heterocycles. The van der Waals surface area contributed by atoms with Gasteiger partial charge in [0.25, 0.3) is 5.22 Å². The van der Waals surface area contributed by atoms with Crippen molar-refractivity contribution >= 4 is 17.7 Å². The molecular weight excluding hydrogens is 334 g/mol. The number of amides is 1. The number of hydrogen-bond acceptors (Lipinski definition) is 5. The molecule has 1 aliphatic carbocycles. The number of aromatic nitrogens is 2. The van der Waals surface area contributed by atoms with Crippen molar-refractivity contribution in [1.29, 1.82) is 0 Å². The Kier molecular flexibility index (Phi) is 5.78. The highest BCUT2D eigenvalue weighted by atomic mass is 32.2. The van der Waals surface area contributed by atoms with Crippen LogP contribution in [-0.2, 0) is 4.79 Å². The fourth-order valence-corrected chi connectivity index (χ4v) is 3.82. The third-order valence-corrected chi connectivity index (χ3v) is 5.90. The maximum Gasteiger partial charge on any atom is 0.277 e. The second-order valence-corrected chi connectivity index (χ2v) is 7.90. The van der Waals surface area contributed by atoms with Crippen LogP contribution in [0.15, 0.2) is 33.9 Å². The molecule has 1 saturated carbocycles. The predicted molar refractivity (Wildman–Crippen MR) is 99.3 cm³/mol. The van der Waals surface area contributed by atoms with Crippen LogP contribution in [0.1, 0.15) is 38.7 Å². The van der Waals surface area contributed by atoms with Crippen LogP contribution in [0.4, 0.5) is 0 Å². The molecule has 1 fully saturated rings. The molecular formula is C19H25N3O2S. The van der Waals surface area contributed by atoms with E-state index in [4.69, 9.17) is 4.42 Å². The van der Waals surface area contributed by atoms with Gasteiger partial charge in [0.15, 0.2) is 0 Å². The Morgan fingerprint density at radius 3 is 2.76 bits per heavy atom. The van der Waals surface area contributed by atoms with Gasteiger partial charge in [0, 0.05) is 11.6 Å². The van der Waals surface area contributed by atoms with E-state index < -0.39 is 0 Å². The number of benzene rings is 1. The first-order valence-electron chi connectivity index (χ1n) is 8.85. The van der Waals surface area contributed by atoms with Crippen molar-refractivity contribution in [2.45, 2.75) is 51.3 Å². The van der Waals surface area contributed by atoms with Crippen LogP contribution in [-0.4, -0.2) is 27.9 Å². The number of carbonyl (C=O) groups excluding carboxylic acids is 1. The number of nitrogens with zero attached hydrogens (tertiary/aromatic N) is 2. The average molecular weight is 359 g/mol. The van der Waals surface area contributed by atoms with E-state index >= 15 is 0 Å². The molecule has 3 unspecified atom stereocenters. The van der Waals surface area contributed by atoms with Gasteiger partial charge >= 0.3 is 0 Å². The Labute approximate surface area is 153 Å².